The van der Waals surface area contributed by atoms with Gasteiger partial charge in [-0.15, -0.1) is 0 Å². The van der Waals surface area contributed by atoms with E-state index in [1.807, 2.05) is 24.3 Å². The summed E-state index contributed by atoms with van der Waals surface area (Å²) >= 11 is 0. The lowest BCUT2D eigenvalue weighted by Gasteiger charge is -2.40. The normalized spacial score (nSPS) is 28.3. The van der Waals surface area contributed by atoms with Crippen LogP contribution in [0.1, 0.15) is 17.5 Å². The van der Waals surface area contributed by atoms with E-state index in [0.29, 0.717) is 11.2 Å². The Labute approximate surface area is 170 Å². The molecule has 2 aromatic heterocycles. The number of para-hydroxylation sites is 1. The predicted octanol–water partition coefficient (Wildman–Crippen LogP) is -0.942. The van der Waals surface area contributed by atoms with Crippen LogP contribution in [0.25, 0.3) is 21.8 Å². The fourth-order valence-corrected chi connectivity index (χ4v) is 3.77. The molecule has 30 heavy (non-hydrogen) atoms. The minimum atomic E-state index is -1.61. The van der Waals surface area contributed by atoms with Gasteiger partial charge in [0.2, 0.25) is 0 Å². The molecule has 0 unspecified atom stereocenters. The van der Waals surface area contributed by atoms with E-state index >= 15 is 0 Å². The van der Waals surface area contributed by atoms with Gasteiger partial charge in [0.1, 0.15) is 30.5 Å². The number of rotatable bonds is 6. The van der Waals surface area contributed by atoms with E-state index in [4.69, 9.17) is 9.47 Å². The van der Waals surface area contributed by atoms with Gasteiger partial charge in [0, 0.05) is 16.3 Å². The Kier molecular flexibility index (Phi) is 6.00. The molecule has 162 valence electrons. The molecule has 0 saturated carbocycles. The summed E-state index contributed by atoms with van der Waals surface area (Å²) in [4.78, 5) is 7.61. The zero-order valence-electron chi connectivity index (χ0n) is 15.9. The third-order valence-electron chi connectivity index (χ3n) is 5.36. The molecule has 3 aromatic rings. The fraction of sp³-hybridized carbons (Fsp3) is 0.450. The Morgan fingerprint density at radius 1 is 1.03 bits per heavy atom. The van der Waals surface area contributed by atoms with Crippen molar-refractivity contribution in [3.05, 3.63) is 41.7 Å². The monoisotopic (exact) mass is 420 g/mol. The molecule has 0 radical (unpaired) electrons. The van der Waals surface area contributed by atoms with Gasteiger partial charge >= 0.3 is 0 Å². The van der Waals surface area contributed by atoms with Gasteiger partial charge in [-0.25, -0.2) is 0 Å². The number of nitrogens with one attached hydrogen (secondary N) is 1. The average Bonchev–Trinajstić information content (AvgIpc) is 3.15. The van der Waals surface area contributed by atoms with Crippen LogP contribution in [0.3, 0.4) is 0 Å². The molecule has 0 amide bonds. The summed E-state index contributed by atoms with van der Waals surface area (Å²) in [5.74, 6) is 0. The van der Waals surface area contributed by atoms with Gasteiger partial charge in [-0.1, -0.05) is 18.2 Å². The predicted molar refractivity (Wildman–Crippen MR) is 104 cm³/mol. The molecule has 0 aliphatic carbocycles. The maximum atomic E-state index is 10.2. The molecule has 0 spiro atoms. The van der Waals surface area contributed by atoms with Crippen LogP contribution in [0.5, 0.6) is 0 Å². The molecule has 1 aliphatic rings. The Bertz CT molecular complexity index is 1020. The zero-order chi connectivity index (χ0) is 21.4. The van der Waals surface area contributed by atoms with Gasteiger partial charge in [0.25, 0.3) is 0 Å². The van der Waals surface area contributed by atoms with Crippen LogP contribution in [0.4, 0.5) is 0 Å². The summed E-state index contributed by atoms with van der Waals surface area (Å²) < 4.78 is 11.1. The second kappa shape index (κ2) is 8.53. The first-order valence-electron chi connectivity index (χ1n) is 9.56. The van der Waals surface area contributed by atoms with Crippen molar-refractivity contribution in [2.45, 2.75) is 43.4 Å². The van der Waals surface area contributed by atoms with Gasteiger partial charge < -0.3 is 45.1 Å². The van der Waals surface area contributed by atoms with Crippen molar-refractivity contribution in [3.8, 4) is 0 Å². The number of nitrogens with zero attached hydrogens (tertiary/aromatic N) is 1. The van der Waals surface area contributed by atoms with Crippen LogP contribution >= 0.6 is 0 Å². The topological polar surface area (TPSA) is 169 Å². The molecule has 6 atom stereocenters. The minimum absolute atomic E-state index is 0.284. The maximum Gasteiger partial charge on any atom is 0.187 e. The highest BCUT2D eigenvalue weighted by Crippen LogP contribution is 2.33. The smallest absolute Gasteiger partial charge is 0.187 e. The zero-order valence-corrected chi connectivity index (χ0v) is 15.9. The molecule has 1 aromatic carbocycles. The van der Waals surface area contributed by atoms with E-state index in [0.717, 1.165) is 16.3 Å². The van der Waals surface area contributed by atoms with Gasteiger partial charge in [-0.05, 0) is 12.1 Å². The van der Waals surface area contributed by atoms with Crippen molar-refractivity contribution in [1.82, 2.24) is 9.97 Å². The third-order valence-corrected chi connectivity index (χ3v) is 5.36. The number of H-pyrrole nitrogens is 1. The Morgan fingerprint density at radius 2 is 1.80 bits per heavy atom. The molecule has 10 heteroatoms. The number of aromatic amines is 1. The highest BCUT2D eigenvalue weighted by molar-refractivity contribution is 6.08. The summed E-state index contributed by atoms with van der Waals surface area (Å²) in [7, 11) is 0. The quantitative estimate of drug-likeness (QED) is 0.266. The number of benzene rings is 1. The Balaban J connectivity index is 1.74. The Hall–Kier alpha value is -2.15. The van der Waals surface area contributed by atoms with E-state index < -0.39 is 50.0 Å². The maximum absolute atomic E-state index is 10.2. The number of aliphatic hydroxyl groups excluding tert-OH is 6. The standard InChI is InChI=1S/C20H24N2O8/c23-6-9-5-11-10-3-1-2-4-12(10)22-15(11)16(21-9)13(7-24)29-20-19(28)18(27)17(26)14(8-25)30-20/h1-5,13-14,17-20,22-28H,6-8H2/t13-,14+,17+,18-,19+,20+/m0/s1. The molecule has 1 fully saturated rings. The van der Waals surface area contributed by atoms with Crippen LogP contribution in [0, 0.1) is 0 Å². The minimum Gasteiger partial charge on any atom is -0.394 e. The molecule has 10 nitrogen and oxygen atoms in total. The first kappa shape index (κ1) is 21.1. The number of fused-ring (bicyclic) bond motifs is 3. The molecule has 1 aliphatic heterocycles. The molecule has 7 N–H and O–H groups in total. The fourth-order valence-electron chi connectivity index (χ4n) is 3.77. The highest BCUT2D eigenvalue weighted by Gasteiger charge is 2.45. The summed E-state index contributed by atoms with van der Waals surface area (Å²) in [5, 5.41) is 60.8. The second-order valence-corrected chi connectivity index (χ2v) is 7.25. The second-order valence-electron chi connectivity index (χ2n) is 7.25. The first-order valence-corrected chi connectivity index (χ1v) is 9.56. The number of aliphatic hydroxyl groups is 6. The highest BCUT2D eigenvalue weighted by atomic mass is 16.7. The number of hydrogen-bond donors (Lipinski definition) is 7. The Morgan fingerprint density at radius 3 is 2.50 bits per heavy atom. The van der Waals surface area contributed by atoms with Crippen molar-refractivity contribution in [1.29, 1.82) is 0 Å². The number of aromatic nitrogens is 2. The summed E-state index contributed by atoms with van der Waals surface area (Å²) in [6.07, 6.45) is -8.40. The van der Waals surface area contributed by atoms with E-state index in [-0.39, 0.29) is 12.3 Å². The molecule has 0 bridgehead atoms. The lowest BCUT2D eigenvalue weighted by Crippen LogP contribution is -2.59. The lowest BCUT2D eigenvalue weighted by molar-refractivity contribution is -0.314. The van der Waals surface area contributed by atoms with Crippen LogP contribution in [-0.2, 0) is 16.1 Å². The molecule has 1 saturated heterocycles. The van der Waals surface area contributed by atoms with Crippen molar-refractivity contribution >= 4 is 21.8 Å². The average molecular weight is 420 g/mol. The van der Waals surface area contributed by atoms with Gasteiger partial charge in [0.05, 0.1) is 36.7 Å². The lowest BCUT2D eigenvalue weighted by atomic mass is 9.99. The van der Waals surface area contributed by atoms with Crippen molar-refractivity contribution in [2.24, 2.45) is 0 Å². The van der Waals surface area contributed by atoms with E-state index in [1.54, 1.807) is 6.07 Å². The van der Waals surface area contributed by atoms with Gasteiger partial charge in [-0.2, -0.15) is 0 Å². The molecular formula is C20H24N2O8. The van der Waals surface area contributed by atoms with Crippen LogP contribution in [0.2, 0.25) is 0 Å². The SMILES string of the molecule is OCc1cc2c([nH]c3ccccc32)c([C@H](CO)O[C@@H]2O[C@H](CO)[C@@H](O)[C@H](O)[C@H]2O)n1. The number of pyridine rings is 1. The summed E-state index contributed by atoms with van der Waals surface area (Å²) in [6.45, 7) is -1.47. The number of hydrogen-bond acceptors (Lipinski definition) is 9. The van der Waals surface area contributed by atoms with E-state index in [2.05, 4.69) is 9.97 Å². The summed E-state index contributed by atoms with van der Waals surface area (Å²) in [5.41, 5.74) is 2.05. The molecule has 4 rings (SSSR count). The van der Waals surface area contributed by atoms with Crippen LogP contribution in [-0.4, -0.2) is 84.5 Å². The van der Waals surface area contributed by atoms with Crippen LogP contribution < -0.4 is 0 Å². The molecular weight excluding hydrogens is 396 g/mol. The first-order chi connectivity index (χ1) is 14.5. The summed E-state index contributed by atoms with van der Waals surface area (Å²) in [6, 6.07) is 9.27. The van der Waals surface area contributed by atoms with Crippen molar-refractivity contribution in [3.63, 3.8) is 0 Å². The largest absolute Gasteiger partial charge is 0.394 e. The van der Waals surface area contributed by atoms with Crippen molar-refractivity contribution < 1.29 is 40.1 Å². The van der Waals surface area contributed by atoms with E-state index in [9.17, 15) is 30.6 Å². The molecule has 3 heterocycles. The number of ether oxygens (including phenoxy) is 2. The van der Waals surface area contributed by atoms with Crippen LogP contribution in [0.15, 0.2) is 30.3 Å². The third kappa shape index (κ3) is 3.57. The van der Waals surface area contributed by atoms with Crippen molar-refractivity contribution in [2.75, 3.05) is 13.2 Å². The van der Waals surface area contributed by atoms with E-state index in [1.165, 1.54) is 0 Å². The van der Waals surface area contributed by atoms with Gasteiger partial charge in [-0.3, -0.25) is 4.98 Å². The van der Waals surface area contributed by atoms with Gasteiger partial charge in [0.15, 0.2) is 6.29 Å².